The molecule has 0 bridgehead atoms. The topological polar surface area (TPSA) is 59.4 Å². The summed E-state index contributed by atoms with van der Waals surface area (Å²) in [5.74, 6) is -0.136. The molecule has 0 atom stereocenters. The van der Waals surface area contributed by atoms with Gasteiger partial charge in [-0.15, -0.1) is 0 Å². The highest BCUT2D eigenvalue weighted by Gasteiger charge is 2.15. The van der Waals surface area contributed by atoms with E-state index in [0.29, 0.717) is 17.7 Å². The summed E-state index contributed by atoms with van der Waals surface area (Å²) in [7, 11) is 1.62. The molecule has 4 heteroatoms. The lowest BCUT2D eigenvalue weighted by Crippen LogP contribution is -2.07. The molecule has 0 aliphatic rings. The van der Waals surface area contributed by atoms with Crippen molar-refractivity contribution >= 4 is 5.97 Å². The Morgan fingerprint density at radius 2 is 1.95 bits per heavy atom. The van der Waals surface area contributed by atoms with Gasteiger partial charge in [0, 0.05) is 5.56 Å². The minimum atomic E-state index is -0.921. The van der Waals surface area contributed by atoms with Crippen molar-refractivity contribution in [1.82, 2.24) is 4.98 Å². The summed E-state index contributed by atoms with van der Waals surface area (Å²) >= 11 is 0. The normalized spacial score (nSPS) is 10.4. The molecule has 2 rings (SSSR count). The molecule has 0 amide bonds. The van der Waals surface area contributed by atoms with Gasteiger partial charge in [0.2, 0.25) is 0 Å². The summed E-state index contributed by atoms with van der Waals surface area (Å²) in [6, 6.07) is 9.33. The van der Waals surface area contributed by atoms with Crippen LogP contribution in [0.4, 0.5) is 0 Å². The second-order valence-electron chi connectivity index (χ2n) is 4.93. The van der Waals surface area contributed by atoms with Crippen LogP contribution in [0.2, 0.25) is 0 Å². The number of carboxylic acid groups (broad SMARTS) is 1. The Kier molecular flexibility index (Phi) is 4.58. The smallest absolute Gasteiger partial charge is 0.337 e. The van der Waals surface area contributed by atoms with Crippen LogP contribution in [0.25, 0.3) is 11.3 Å². The third-order valence-electron chi connectivity index (χ3n) is 3.37. The molecule has 110 valence electrons. The van der Waals surface area contributed by atoms with Crippen LogP contribution in [0, 0.1) is 6.92 Å². The second-order valence-corrected chi connectivity index (χ2v) is 4.93. The zero-order valence-electron chi connectivity index (χ0n) is 12.5. The fourth-order valence-electron chi connectivity index (χ4n) is 2.31. The third-order valence-corrected chi connectivity index (χ3v) is 3.37. The highest BCUT2D eigenvalue weighted by Crippen LogP contribution is 2.26. The van der Waals surface area contributed by atoms with Gasteiger partial charge >= 0.3 is 5.97 Å². The molecule has 21 heavy (non-hydrogen) atoms. The Bertz CT molecular complexity index is 648. The Morgan fingerprint density at radius 3 is 2.48 bits per heavy atom. The number of rotatable bonds is 5. The van der Waals surface area contributed by atoms with Gasteiger partial charge in [-0.2, -0.15) is 0 Å². The molecule has 0 spiro atoms. The predicted octanol–water partition coefficient (Wildman–Crippen LogP) is 3.72. The number of aromatic carboxylic acids is 1. The lowest BCUT2D eigenvalue weighted by atomic mass is 10.0. The molecule has 1 N–H and O–H groups in total. The number of aromatic nitrogens is 1. The van der Waals surface area contributed by atoms with E-state index < -0.39 is 5.97 Å². The zero-order valence-corrected chi connectivity index (χ0v) is 12.5. The van der Waals surface area contributed by atoms with E-state index >= 15 is 0 Å². The third kappa shape index (κ3) is 3.21. The lowest BCUT2D eigenvalue weighted by Gasteiger charge is -2.11. The van der Waals surface area contributed by atoms with Crippen LogP contribution in [0.3, 0.4) is 0 Å². The van der Waals surface area contributed by atoms with E-state index in [0.717, 1.165) is 29.0 Å². The molecule has 0 saturated heterocycles. The maximum atomic E-state index is 11.3. The quantitative estimate of drug-likeness (QED) is 0.909. The standard InChI is InChI=1S/C17H19NO3/c1-4-5-15-14(17(19)20)10-11(2)16(18-15)12-6-8-13(21-3)9-7-12/h6-10H,4-5H2,1-3H3,(H,19,20). The van der Waals surface area contributed by atoms with Crippen molar-refractivity contribution in [3.63, 3.8) is 0 Å². The summed E-state index contributed by atoms with van der Waals surface area (Å²) in [4.78, 5) is 15.9. The molecule has 0 radical (unpaired) electrons. The SMILES string of the molecule is CCCc1nc(-c2ccc(OC)cc2)c(C)cc1C(=O)O. The number of hydrogen-bond acceptors (Lipinski definition) is 3. The highest BCUT2D eigenvalue weighted by molar-refractivity contribution is 5.90. The number of pyridine rings is 1. The van der Waals surface area contributed by atoms with Crippen LogP contribution in [-0.4, -0.2) is 23.2 Å². The molecule has 1 aromatic heterocycles. The van der Waals surface area contributed by atoms with Crippen LogP contribution >= 0.6 is 0 Å². The number of aryl methyl sites for hydroxylation is 2. The summed E-state index contributed by atoms with van der Waals surface area (Å²) in [6.45, 7) is 3.90. The maximum Gasteiger partial charge on any atom is 0.337 e. The highest BCUT2D eigenvalue weighted by atomic mass is 16.5. The molecular formula is C17H19NO3. The van der Waals surface area contributed by atoms with Gasteiger partial charge in [-0.05, 0) is 49.2 Å². The van der Waals surface area contributed by atoms with Crippen molar-refractivity contribution in [2.45, 2.75) is 26.7 Å². The fraction of sp³-hybridized carbons (Fsp3) is 0.294. The van der Waals surface area contributed by atoms with Gasteiger partial charge in [0.25, 0.3) is 0 Å². The first-order valence-electron chi connectivity index (χ1n) is 6.95. The van der Waals surface area contributed by atoms with Crippen molar-refractivity contribution in [3.05, 3.63) is 47.2 Å². The number of carboxylic acids is 1. The van der Waals surface area contributed by atoms with Crippen LogP contribution in [0.5, 0.6) is 5.75 Å². The first kappa shape index (κ1) is 15.0. The summed E-state index contributed by atoms with van der Waals surface area (Å²) in [5.41, 5.74) is 3.58. The van der Waals surface area contributed by atoms with Crippen molar-refractivity contribution in [3.8, 4) is 17.0 Å². The van der Waals surface area contributed by atoms with Gasteiger partial charge in [-0.1, -0.05) is 13.3 Å². The molecule has 1 aromatic carbocycles. The monoisotopic (exact) mass is 285 g/mol. The maximum absolute atomic E-state index is 11.3. The fourth-order valence-corrected chi connectivity index (χ4v) is 2.31. The van der Waals surface area contributed by atoms with E-state index in [-0.39, 0.29) is 0 Å². The Labute approximate surface area is 124 Å². The number of ether oxygens (including phenoxy) is 1. The van der Waals surface area contributed by atoms with Crippen molar-refractivity contribution < 1.29 is 14.6 Å². The van der Waals surface area contributed by atoms with E-state index in [1.165, 1.54) is 0 Å². The Hall–Kier alpha value is -2.36. The molecule has 0 aliphatic carbocycles. The Morgan fingerprint density at radius 1 is 1.29 bits per heavy atom. The van der Waals surface area contributed by atoms with Gasteiger partial charge in [-0.3, -0.25) is 4.98 Å². The molecule has 0 saturated carbocycles. The minimum Gasteiger partial charge on any atom is -0.497 e. The summed E-state index contributed by atoms with van der Waals surface area (Å²) < 4.78 is 5.15. The van der Waals surface area contributed by atoms with Crippen LogP contribution in [-0.2, 0) is 6.42 Å². The number of carbonyl (C=O) groups is 1. The van der Waals surface area contributed by atoms with E-state index in [9.17, 15) is 9.90 Å². The molecule has 1 heterocycles. The van der Waals surface area contributed by atoms with Crippen molar-refractivity contribution in [2.24, 2.45) is 0 Å². The Balaban J connectivity index is 2.52. The zero-order chi connectivity index (χ0) is 15.4. The molecule has 4 nitrogen and oxygen atoms in total. The van der Waals surface area contributed by atoms with Crippen LogP contribution < -0.4 is 4.74 Å². The molecule has 0 unspecified atom stereocenters. The van der Waals surface area contributed by atoms with Crippen LogP contribution in [0.1, 0.15) is 35.0 Å². The largest absolute Gasteiger partial charge is 0.497 e. The number of hydrogen-bond donors (Lipinski definition) is 1. The lowest BCUT2D eigenvalue weighted by molar-refractivity contribution is 0.0695. The van der Waals surface area contributed by atoms with E-state index in [2.05, 4.69) is 4.98 Å². The van der Waals surface area contributed by atoms with Crippen molar-refractivity contribution in [1.29, 1.82) is 0 Å². The van der Waals surface area contributed by atoms with Gasteiger partial charge in [0.15, 0.2) is 0 Å². The summed E-state index contributed by atoms with van der Waals surface area (Å²) in [6.07, 6.45) is 1.52. The molecule has 0 aliphatic heterocycles. The first-order chi connectivity index (χ1) is 10.1. The summed E-state index contributed by atoms with van der Waals surface area (Å²) in [5, 5.41) is 9.29. The number of benzene rings is 1. The number of methoxy groups -OCH3 is 1. The first-order valence-corrected chi connectivity index (χ1v) is 6.95. The van der Waals surface area contributed by atoms with Crippen molar-refractivity contribution in [2.75, 3.05) is 7.11 Å². The second kappa shape index (κ2) is 6.39. The molecule has 0 fully saturated rings. The van der Waals surface area contributed by atoms with Crippen LogP contribution in [0.15, 0.2) is 30.3 Å². The average molecular weight is 285 g/mol. The van der Waals surface area contributed by atoms with Gasteiger partial charge in [0.1, 0.15) is 5.75 Å². The predicted molar refractivity (Wildman–Crippen MR) is 81.9 cm³/mol. The molecule has 2 aromatic rings. The average Bonchev–Trinajstić information content (AvgIpc) is 2.49. The van der Waals surface area contributed by atoms with E-state index in [1.54, 1.807) is 13.2 Å². The molecular weight excluding hydrogens is 266 g/mol. The number of nitrogens with zero attached hydrogens (tertiary/aromatic N) is 1. The van der Waals surface area contributed by atoms with E-state index in [4.69, 9.17) is 4.74 Å². The van der Waals surface area contributed by atoms with Gasteiger partial charge < -0.3 is 9.84 Å². The van der Waals surface area contributed by atoms with E-state index in [1.807, 2.05) is 38.1 Å². The minimum absolute atomic E-state index is 0.298. The van der Waals surface area contributed by atoms with Gasteiger partial charge in [-0.25, -0.2) is 4.79 Å². The van der Waals surface area contributed by atoms with Gasteiger partial charge in [0.05, 0.1) is 24.1 Å².